The Morgan fingerprint density at radius 2 is 2.08 bits per heavy atom. The van der Waals surface area contributed by atoms with Crippen molar-refractivity contribution in [2.75, 3.05) is 11.9 Å². The van der Waals surface area contributed by atoms with Crippen LogP contribution in [0.25, 0.3) is 0 Å². The summed E-state index contributed by atoms with van der Waals surface area (Å²) in [7, 11) is 0. The van der Waals surface area contributed by atoms with E-state index in [-0.39, 0.29) is 19.0 Å². The standard InChI is InChI=1S/C17H21N3O4/c1-11(2)6-15-8-14(20-24-15)9-19-17(23)12-4-3-5-13(7-12)18-10-16(21)22/h3-5,7-8,11,18H,6,9-10H2,1-2H3,(H,19,23)(H,21,22). The number of aromatic nitrogens is 1. The van der Waals surface area contributed by atoms with Gasteiger partial charge in [0.15, 0.2) is 0 Å². The van der Waals surface area contributed by atoms with E-state index in [2.05, 4.69) is 29.6 Å². The highest BCUT2D eigenvalue weighted by Gasteiger charge is 2.10. The minimum atomic E-state index is -0.965. The van der Waals surface area contributed by atoms with E-state index in [9.17, 15) is 9.59 Å². The number of nitrogens with one attached hydrogen (secondary N) is 2. The molecule has 0 radical (unpaired) electrons. The highest BCUT2D eigenvalue weighted by molar-refractivity contribution is 5.95. The van der Waals surface area contributed by atoms with Crippen LogP contribution in [0.4, 0.5) is 5.69 Å². The Morgan fingerprint density at radius 3 is 2.79 bits per heavy atom. The van der Waals surface area contributed by atoms with E-state index in [1.807, 2.05) is 6.07 Å². The van der Waals surface area contributed by atoms with E-state index >= 15 is 0 Å². The molecule has 0 unspecified atom stereocenters. The Morgan fingerprint density at radius 1 is 1.29 bits per heavy atom. The molecule has 0 aliphatic heterocycles. The van der Waals surface area contributed by atoms with Gasteiger partial charge in [0.1, 0.15) is 18.0 Å². The molecule has 7 nitrogen and oxygen atoms in total. The molecule has 1 amide bonds. The second-order valence-electron chi connectivity index (χ2n) is 5.89. The fourth-order valence-electron chi connectivity index (χ4n) is 2.16. The lowest BCUT2D eigenvalue weighted by Gasteiger charge is -2.07. The zero-order valence-electron chi connectivity index (χ0n) is 13.7. The minimum Gasteiger partial charge on any atom is -0.480 e. The topological polar surface area (TPSA) is 104 Å². The first-order chi connectivity index (χ1) is 11.4. The molecule has 0 fully saturated rings. The van der Waals surface area contributed by atoms with Crippen LogP contribution >= 0.6 is 0 Å². The van der Waals surface area contributed by atoms with Crippen LogP contribution in [-0.4, -0.2) is 28.7 Å². The molecule has 1 heterocycles. The average molecular weight is 331 g/mol. The van der Waals surface area contributed by atoms with Gasteiger partial charge in [-0.2, -0.15) is 0 Å². The smallest absolute Gasteiger partial charge is 0.322 e. The van der Waals surface area contributed by atoms with Gasteiger partial charge in [-0.15, -0.1) is 0 Å². The fourth-order valence-corrected chi connectivity index (χ4v) is 2.16. The number of carbonyl (C=O) groups excluding carboxylic acids is 1. The number of rotatable bonds is 8. The van der Waals surface area contributed by atoms with Gasteiger partial charge in [-0.25, -0.2) is 0 Å². The lowest BCUT2D eigenvalue weighted by molar-refractivity contribution is -0.134. The number of hydrogen-bond donors (Lipinski definition) is 3. The number of carboxylic acids is 1. The Kier molecular flexibility index (Phi) is 5.95. The number of nitrogens with zero attached hydrogens (tertiary/aromatic N) is 1. The molecule has 0 aliphatic carbocycles. The first-order valence-electron chi connectivity index (χ1n) is 7.72. The van der Waals surface area contributed by atoms with Crippen LogP contribution in [-0.2, 0) is 17.8 Å². The number of carbonyl (C=O) groups is 2. The van der Waals surface area contributed by atoms with Gasteiger partial charge in [-0.1, -0.05) is 25.1 Å². The Labute approximate surface area is 140 Å². The molecule has 24 heavy (non-hydrogen) atoms. The van der Waals surface area contributed by atoms with Crippen LogP contribution in [0.5, 0.6) is 0 Å². The predicted molar refractivity (Wildman–Crippen MR) is 88.8 cm³/mol. The van der Waals surface area contributed by atoms with E-state index in [0.717, 1.165) is 12.2 Å². The summed E-state index contributed by atoms with van der Waals surface area (Å²) in [5.41, 5.74) is 1.68. The maximum absolute atomic E-state index is 12.2. The van der Waals surface area contributed by atoms with E-state index in [1.165, 1.54) is 0 Å². The summed E-state index contributed by atoms with van der Waals surface area (Å²) in [4.78, 5) is 22.7. The molecule has 2 rings (SSSR count). The Hall–Kier alpha value is -2.83. The number of benzene rings is 1. The molecule has 0 bridgehead atoms. The van der Waals surface area contributed by atoms with Crippen LogP contribution in [0.1, 0.15) is 35.7 Å². The van der Waals surface area contributed by atoms with Crippen molar-refractivity contribution < 1.29 is 19.2 Å². The molecule has 2 aromatic rings. The summed E-state index contributed by atoms with van der Waals surface area (Å²) < 4.78 is 5.22. The minimum absolute atomic E-state index is 0.206. The third-order valence-electron chi connectivity index (χ3n) is 3.22. The third kappa shape index (κ3) is 5.42. The maximum Gasteiger partial charge on any atom is 0.322 e. The second-order valence-corrected chi connectivity index (χ2v) is 5.89. The summed E-state index contributed by atoms with van der Waals surface area (Å²) in [6, 6.07) is 8.50. The van der Waals surface area contributed by atoms with E-state index in [1.54, 1.807) is 24.3 Å². The predicted octanol–water partition coefficient (Wildman–Crippen LogP) is 2.30. The van der Waals surface area contributed by atoms with Crippen LogP contribution in [0.15, 0.2) is 34.9 Å². The average Bonchev–Trinajstić information content (AvgIpc) is 2.97. The number of anilines is 1. The van der Waals surface area contributed by atoms with Crippen molar-refractivity contribution in [3.63, 3.8) is 0 Å². The molecule has 1 aromatic carbocycles. The quantitative estimate of drug-likeness (QED) is 0.685. The molecule has 3 N–H and O–H groups in total. The van der Waals surface area contributed by atoms with Gasteiger partial charge < -0.3 is 20.3 Å². The zero-order valence-corrected chi connectivity index (χ0v) is 13.7. The molecule has 128 valence electrons. The summed E-state index contributed by atoms with van der Waals surface area (Å²) in [5, 5.41) is 18.1. The molecule has 1 aromatic heterocycles. The molecule has 0 saturated heterocycles. The van der Waals surface area contributed by atoms with Crippen molar-refractivity contribution in [3.8, 4) is 0 Å². The van der Waals surface area contributed by atoms with Gasteiger partial charge in [0.2, 0.25) is 0 Å². The molecular weight excluding hydrogens is 310 g/mol. The van der Waals surface area contributed by atoms with Crippen molar-refractivity contribution >= 4 is 17.6 Å². The molecule has 0 spiro atoms. The van der Waals surface area contributed by atoms with E-state index < -0.39 is 5.97 Å². The lowest BCUT2D eigenvalue weighted by atomic mass is 10.1. The van der Waals surface area contributed by atoms with Crippen molar-refractivity contribution in [2.45, 2.75) is 26.8 Å². The van der Waals surface area contributed by atoms with Gasteiger partial charge in [0, 0.05) is 23.7 Å². The van der Waals surface area contributed by atoms with Gasteiger partial charge in [-0.3, -0.25) is 9.59 Å². The number of aliphatic carboxylic acids is 1. The van der Waals surface area contributed by atoms with Crippen LogP contribution in [0.3, 0.4) is 0 Å². The van der Waals surface area contributed by atoms with Gasteiger partial charge >= 0.3 is 5.97 Å². The summed E-state index contributed by atoms with van der Waals surface area (Å²) in [6.07, 6.45) is 0.804. The van der Waals surface area contributed by atoms with E-state index in [0.29, 0.717) is 22.9 Å². The van der Waals surface area contributed by atoms with E-state index in [4.69, 9.17) is 9.63 Å². The number of amides is 1. The summed E-state index contributed by atoms with van der Waals surface area (Å²) in [6.45, 7) is 4.25. The molecule has 7 heteroatoms. The molecule has 0 atom stereocenters. The zero-order chi connectivity index (χ0) is 17.5. The highest BCUT2D eigenvalue weighted by atomic mass is 16.5. The maximum atomic E-state index is 12.2. The van der Waals surface area contributed by atoms with Crippen LogP contribution < -0.4 is 10.6 Å². The number of hydrogen-bond acceptors (Lipinski definition) is 5. The summed E-state index contributed by atoms with van der Waals surface area (Å²) in [5.74, 6) is 0.0472. The molecule has 0 saturated carbocycles. The first kappa shape index (κ1) is 17.5. The van der Waals surface area contributed by atoms with Crippen LogP contribution in [0, 0.1) is 5.92 Å². The van der Waals surface area contributed by atoms with Crippen LogP contribution in [0.2, 0.25) is 0 Å². The lowest BCUT2D eigenvalue weighted by Crippen LogP contribution is -2.23. The Bertz CT molecular complexity index is 709. The molecule has 0 aliphatic rings. The van der Waals surface area contributed by atoms with Crippen molar-refractivity contribution in [1.82, 2.24) is 10.5 Å². The normalized spacial score (nSPS) is 10.6. The highest BCUT2D eigenvalue weighted by Crippen LogP contribution is 2.12. The van der Waals surface area contributed by atoms with Crippen molar-refractivity contribution in [3.05, 3.63) is 47.3 Å². The monoisotopic (exact) mass is 331 g/mol. The van der Waals surface area contributed by atoms with Crippen molar-refractivity contribution in [2.24, 2.45) is 5.92 Å². The first-order valence-corrected chi connectivity index (χ1v) is 7.72. The SMILES string of the molecule is CC(C)Cc1cc(CNC(=O)c2cccc(NCC(=O)O)c2)no1. The van der Waals surface area contributed by atoms with Gasteiger partial charge in [-0.05, 0) is 24.1 Å². The Balaban J connectivity index is 1.91. The second kappa shape index (κ2) is 8.14. The van der Waals surface area contributed by atoms with Gasteiger partial charge in [0.05, 0.1) is 6.54 Å². The molecular formula is C17H21N3O4. The number of carboxylic acid groups (broad SMARTS) is 1. The van der Waals surface area contributed by atoms with Gasteiger partial charge in [0.25, 0.3) is 5.91 Å². The van der Waals surface area contributed by atoms with Crippen molar-refractivity contribution in [1.29, 1.82) is 0 Å². The summed E-state index contributed by atoms with van der Waals surface area (Å²) >= 11 is 0. The third-order valence-corrected chi connectivity index (χ3v) is 3.22. The fraction of sp³-hybridized carbons (Fsp3) is 0.353. The largest absolute Gasteiger partial charge is 0.480 e.